The zero-order chi connectivity index (χ0) is 17.6. The van der Waals surface area contributed by atoms with Gasteiger partial charge in [0.25, 0.3) is 0 Å². The van der Waals surface area contributed by atoms with Crippen LogP contribution in [0.1, 0.15) is 11.1 Å². The minimum Gasteiger partial charge on any atom is -0.355 e. The SMILES string of the molecule is CN=C(NCCn1cccn1)NCc1ccc(S(C)(=O)=O)c(C)c1.I. The van der Waals surface area contributed by atoms with Crippen molar-refractivity contribution in [2.24, 2.45) is 4.99 Å². The molecule has 1 aromatic carbocycles. The van der Waals surface area contributed by atoms with E-state index in [9.17, 15) is 8.42 Å². The molecular formula is C16H24IN5O2S. The summed E-state index contributed by atoms with van der Waals surface area (Å²) in [6.45, 7) is 3.81. The topological polar surface area (TPSA) is 88.4 Å². The second-order valence-electron chi connectivity index (χ2n) is 5.49. The summed E-state index contributed by atoms with van der Waals surface area (Å²) in [5, 5.41) is 10.6. The third-order valence-electron chi connectivity index (χ3n) is 3.51. The Balaban J connectivity index is 0.00000312. The van der Waals surface area contributed by atoms with Gasteiger partial charge in [0.15, 0.2) is 15.8 Å². The van der Waals surface area contributed by atoms with Crippen molar-refractivity contribution in [3.05, 3.63) is 47.8 Å². The van der Waals surface area contributed by atoms with E-state index < -0.39 is 9.84 Å². The third kappa shape index (κ3) is 6.65. The first kappa shape index (κ1) is 21.4. The molecule has 0 radical (unpaired) electrons. The number of nitrogens with zero attached hydrogens (tertiary/aromatic N) is 3. The van der Waals surface area contributed by atoms with Gasteiger partial charge in [0, 0.05) is 38.8 Å². The highest BCUT2D eigenvalue weighted by atomic mass is 127. The lowest BCUT2D eigenvalue weighted by Crippen LogP contribution is -2.38. The number of sulfone groups is 1. The number of guanidine groups is 1. The molecule has 0 amide bonds. The van der Waals surface area contributed by atoms with E-state index in [0.717, 1.165) is 17.7 Å². The van der Waals surface area contributed by atoms with Crippen LogP contribution in [0.25, 0.3) is 0 Å². The lowest BCUT2D eigenvalue weighted by atomic mass is 10.1. The van der Waals surface area contributed by atoms with Crippen LogP contribution in [0.15, 0.2) is 46.5 Å². The van der Waals surface area contributed by atoms with E-state index in [0.29, 0.717) is 23.9 Å². The number of hydrogen-bond acceptors (Lipinski definition) is 4. The Kier molecular flexibility index (Phi) is 8.36. The van der Waals surface area contributed by atoms with Gasteiger partial charge < -0.3 is 10.6 Å². The molecule has 0 bridgehead atoms. The van der Waals surface area contributed by atoms with Gasteiger partial charge in [-0.2, -0.15) is 5.10 Å². The minimum absolute atomic E-state index is 0. The van der Waals surface area contributed by atoms with Gasteiger partial charge >= 0.3 is 0 Å². The number of aliphatic imine (C=N–C) groups is 1. The molecule has 0 saturated carbocycles. The highest BCUT2D eigenvalue weighted by Gasteiger charge is 2.10. The van der Waals surface area contributed by atoms with Crippen LogP contribution in [0.4, 0.5) is 0 Å². The molecule has 1 aromatic heterocycles. The summed E-state index contributed by atoms with van der Waals surface area (Å²) in [5.41, 5.74) is 1.74. The van der Waals surface area contributed by atoms with Gasteiger partial charge in [-0.15, -0.1) is 24.0 Å². The average molecular weight is 477 g/mol. The Morgan fingerprint density at radius 3 is 2.64 bits per heavy atom. The standard InChI is InChI=1S/C16H23N5O2S.HI/c1-13-11-14(5-6-15(13)24(3,22)23)12-19-16(17-2)18-8-10-21-9-4-7-20-21;/h4-7,9,11H,8,10,12H2,1-3H3,(H2,17,18,19);1H. The molecule has 0 spiro atoms. The van der Waals surface area contributed by atoms with Crippen LogP contribution in [-0.2, 0) is 22.9 Å². The van der Waals surface area contributed by atoms with E-state index >= 15 is 0 Å². The molecule has 0 aliphatic rings. The number of benzene rings is 1. The average Bonchev–Trinajstić information content (AvgIpc) is 3.02. The van der Waals surface area contributed by atoms with Crippen molar-refractivity contribution in [1.29, 1.82) is 0 Å². The van der Waals surface area contributed by atoms with Gasteiger partial charge in [0.05, 0.1) is 11.4 Å². The molecule has 0 fully saturated rings. The van der Waals surface area contributed by atoms with E-state index in [1.807, 2.05) is 29.1 Å². The molecule has 1 heterocycles. The zero-order valence-corrected chi connectivity index (χ0v) is 17.7. The molecule has 0 unspecified atom stereocenters. The summed E-state index contributed by atoms with van der Waals surface area (Å²) in [6.07, 6.45) is 4.87. The summed E-state index contributed by atoms with van der Waals surface area (Å²) >= 11 is 0. The molecular weight excluding hydrogens is 453 g/mol. The fourth-order valence-electron chi connectivity index (χ4n) is 2.37. The number of halogens is 1. The monoisotopic (exact) mass is 477 g/mol. The maximum atomic E-state index is 11.6. The van der Waals surface area contributed by atoms with Gasteiger partial charge in [-0.1, -0.05) is 12.1 Å². The number of nitrogens with one attached hydrogen (secondary N) is 2. The predicted octanol–water partition coefficient (Wildman–Crippen LogP) is 1.58. The Labute approximate surface area is 165 Å². The molecule has 0 aliphatic heterocycles. The molecule has 2 rings (SSSR count). The first-order valence-electron chi connectivity index (χ1n) is 7.61. The van der Waals surface area contributed by atoms with Crippen LogP contribution in [0, 0.1) is 6.92 Å². The molecule has 9 heteroatoms. The lowest BCUT2D eigenvalue weighted by molar-refractivity contribution is 0.597. The van der Waals surface area contributed by atoms with E-state index in [4.69, 9.17) is 0 Å². The first-order valence-corrected chi connectivity index (χ1v) is 9.51. The maximum absolute atomic E-state index is 11.6. The molecule has 25 heavy (non-hydrogen) atoms. The van der Waals surface area contributed by atoms with Crippen LogP contribution in [-0.4, -0.2) is 44.0 Å². The quantitative estimate of drug-likeness (QED) is 0.375. The van der Waals surface area contributed by atoms with Crippen molar-refractivity contribution in [3.8, 4) is 0 Å². The third-order valence-corrected chi connectivity index (χ3v) is 4.77. The van der Waals surface area contributed by atoms with E-state index in [2.05, 4.69) is 20.7 Å². The van der Waals surface area contributed by atoms with E-state index in [-0.39, 0.29) is 24.0 Å². The van der Waals surface area contributed by atoms with Crippen LogP contribution in [0.2, 0.25) is 0 Å². The number of rotatable bonds is 6. The first-order chi connectivity index (χ1) is 11.4. The highest BCUT2D eigenvalue weighted by Crippen LogP contribution is 2.16. The smallest absolute Gasteiger partial charge is 0.191 e. The minimum atomic E-state index is -3.18. The van der Waals surface area contributed by atoms with Crippen molar-refractivity contribution in [3.63, 3.8) is 0 Å². The van der Waals surface area contributed by atoms with Crippen molar-refractivity contribution in [2.45, 2.75) is 24.9 Å². The van der Waals surface area contributed by atoms with Crippen LogP contribution in [0.3, 0.4) is 0 Å². The number of aromatic nitrogens is 2. The summed E-state index contributed by atoms with van der Waals surface area (Å²) < 4.78 is 25.1. The second-order valence-corrected chi connectivity index (χ2v) is 7.48. The van der Waals surface area contributed by atoms with Gasteiger partial charge in [-0.05, 0) is 30.2 Å². The Morgan fingerprint density at radius 2 is 2.08 bits per heavy atom. The number of aryl methyl sites for hydroxylation is 1. The molecule has 0 saturated heterocycles. The summed E-state index contributed by atoms with van der Waals surface area (Å²) in [4.78, 5) is 4.54. The van der Waals surface area contributed by atoms with Crippen LogP contribution < -0.4 is 10.6 Å². The maximum Gasteiger partial charge on any atom is 0.191 e. The van der Waals surface area contributed by atoms with Gasteiger partial charge in [0.1, 0.15) is 0 Å². The zero-order valence-electron chi connectivity index (χ0n) is 14.6. The largest absolute Gasteiger partial charge is 0.355 e. The van der Waals surface area contributed by atoms with Gasteiger partial charge in [0.2, 0.25) is 0 Å². The van der Waals surface area contributed by atoms with Crippen molar-refractivity contribution < 1.29 is 8.42 Å². The second kappa shape index (κ2) is 9.76. The normalized spacial score (nSPS) is 11.7. The summed E-state index contributed by atoms with van der Waals surface area (Å²) in [6, 6.07) is 7.22. The fraction of sp³-hybridized carbons (Fsp3) is 0.375. The summed E-state index contributed by atoms with van der Waals surface area (Å²) in [7, 11) is -1.47. The lowest BCUT2D eigenvalue weighted by Gasteiger charge is -2.13. The Hall–Kier alpha value is -1.62. The van der Waals surface area contributed by atoms with E-state index in [1.165, 1.54) is 6.26 Å². The molecule has 2 N–H and O–H groups in total. The Morgan fingerprint density at radius 1 is 1.32 bits per heavy atom. The fourth-order valence-corrected chi connectivity index (χ4v) is 3.32. The molecule has 138 valence electrons. The van der Waals surface area contributed by atoms with Crippen molar-refractivity contribution >= 4 is 39.8 Å². The molecule has 0 aliphatic carbocycles. The Bertz CT molecular complexity index is 804. The van der Waals surface area contributed by atoms with Crippen LogP contribution in [0.5, 0.6) is 0 Å². The number of hydrogen-bond donors (Lipinski definition) is 2. The van der Waals surface area contributed by atoms with Crippen LogP contribution >= 0.6 is 24.0 Å². The van der Waals surface area contributed by atoms with Gasteiger partial charge in [-0.3, -0.25) is 9.67 Å². The molecule has 7 nitrogen and oxygen atoms in total. The highest BCUT2D eigenvalue weighted by molar-refractivity contribution is 14.0. The summed E-state index contributed by atoms with van der Waals surface area (Å²) in [5.74, 6) is 0.687. The predicted molar refractivity (Wildman–Crippen MR) is 110 cm³/mol. The molecule has 2 aromatic rings. The molecule has 0 atom stereocenters. The van der Waals surface area contributed by atoms with Crippen molar-refractivity contribution in [1.82, 2.24) is 20.4 Å². The van der Waals surface area contributed by atoms with Crippen molar-refractivity contribution in [2.75, 3.05) is 19.8 Å². The van der Waals surface area contributed by atoms with E-state index in [1.54, 1.807) is 26.2 Å². The van der Waals surface area contributed by atoms with Gasteiger partial charge in [-0.25, -0.2) is 8.42 Å².